The molecule has 0 bridgehead atoms. The molecule has 0 N–H and O–H groups in total. The lowest BCUT2D eigenvalue weighted by Crippen LogP contribution is -2.29. The van der Waals surface area contributed by atoms with Crippen LogP contribution in [0.15, 0.2) is 169 Å². The summed E-state index contributed by atoms with van der Waals surface area (Å²) in [5, 5.41) is 2.60. The largest absolute Gasteiger partial charge is 0.457 e. The topological polar surface area (TPSA) is 9.23 Å². The van der Waals surface area contributed by atoms with Gasteiger partial charge in [-0.3, -0.25) is 0 Å². The monoisotopic (exact) mass is 640 g/mol. The lowest BCUT2D eigenvalue weighted by molar-refractivity contribution is 0.427. The van der Waals surface area contributed by atoms with Crippen LogP contribution < -0.4 is 4.74 Å². The fourth-order valence-electron chi connectivity index (χ4n) is 9.49. The molecule has 0 saturated carbocycles. The number of ether oxygens (including phenoxy) is 1. The van der Waals surface area contributed by atoms with E-state index in [1.54, 1.807) is 0 Å². The molecule has 3 aliphatic rings. The van der Waals surface area contributed by atoms with Gasteiger partial charge in [-0.1, -0.05) is 140 Å². The number of fused-ring (bicyclic) bond motifs is 11. The third kappa shape index (κ3) is 3.67. The number of hydrogen-bond acceptors (Lipinski definition) is 1. The fourth-order valence-corrected chi connectivity index (χ4v) is 9.49. The van der Waals surface area contributed by atoms with E-state index in [0.29, 0.717) is 0 Å². The number of benzene rings is 7. The van der Waals surface area contributed by atoms with E-state index < -0.39 is 5.41 Å². The highest BCUT2D eigenvalue weighted by molar-refractivity contribution is 6.03. The maximum Gasteiger partial charge on any atom is 0.131 e. The zero-order chi connectivity index (χ0) is 33.6. The Morgan fingerprint density at radius 2 is 1.22 bits per heavy atom. The number of hydrogen-bond donors (Lipinski definition) is 0. The van der Waals surface area contributed by atoms with Crippen LogP contribution in [0.4, 0.5) is 0 Å². The van der Waals surface area contributed by atoms with E-state index in [2.05, 4.69) is 185 Å². The molecule has 238 valence electrons. The SMILES string of the molecule is C/C=C\C1=C(C)c2ccc3ccccc3c2C12c1ccccc1-c1cc(-c3ccc4c(c3)C(C)(c3ccccc3)c3ccccc3O4)ccc12. The molecule has 0 amide bonds. The molecule has 2 aliphatic carbocycles. The normalized spacial score (nSPS) is 19.7. The smallest absolute Gasteiger partial charge is 0.131 e. The fraction of sp³-hybridized carbons (Fsp3) is 0.102. The van der Waals surface area contributed by atoms with Crippen molar-refractivity contribution in [1.82, 2.24) is 0 Å². The van der Waals surface area contributed by atoms with Crippen LogP contribution in [-0.4, -0.2) is 0 Å². The lowest BCUT2D eigenvalue weighted by atomic mass is 9.68. The minimum absolute atomic E-state index is 0.368. The van der Waals surface area contributed by atoms with Crippen molar-refractivity contribution in [3.05, 3.63) is 208 Å². The van der Waals surface area contributed by atoms with Crippen molar-refractivity contribution in [2.75, 3.05) is 0 Å². The van der Waals surface area contributed by atoms with Gasteiger partial charge in [0.1, 0.15) is 11.5 Å². The van der Waals surface area contributed by atoms with Gasteiger partial charge in [0, 0.05) is 16.5 Å². The van der Waals surface area contributed by atoms with E-state index in [-0.39, 0.29) is 5.41 Å². The van der Waals surface area contributed by atoms with Crippen molar-refractivity contribution in [1.29, 1.82) is 0 Å². The van der Waals surface area contributed by atoms with E-state index in [9.17, 15) is 0 Å². The Labute approximate surface area is 293 Å². The van der Waals surface area contributed by atoms with Gasteiger partial charge in [-0.25, -0.2) is 0 Å². The van der Waals surface area contributed by atoms with Gasteiger partial charge >= 0.3 is 0 Å². The van der Waals surface area contributed by atoms with Crippen molar-refractivity contribution < 1.29 is 4.74 Å². The number of rotatable bonds is 3. The molecule has 50 heavy (non-hydrogen) atoms. The molecule has 1 heterocycles. The number of para-hydroxylation sites is 1. The van der Waals surface area contributed by atoms with Gasteiger partial charge in [0.15, 0.2) is 0 Å². The quantitative estimate of drug-likeness (QED) is 0.187. The third-order valence-electron chi connectivity index (χ3n) is 11.7. The Morgan fingerprint density at radius 1 is 0.540 bits per heavy atom. The van der Waals surface area contributed by atoms with Gasteiger partial charge in [-0.05, 0) is 117 Å². The summed E-state index contributed by atoms with van der Waals surface area (Å²) in [7, 11) is 0. The molecule has 1 heteroatoms. The minimum atomic E-state index is -0.392. The summed E-state index contributed by atoms with van der Waals surface area (Å²) in [6.07, 6.45) is 4.57. The summed E-state index contributed by atoms with van der Waals surface area (Å²) in [6, 6.07) is 55.9. The Balaban J connectivity index is 1.21. The molecule has 1 spiro atoms. The van der Waals surface area contributed by atoms with Gasteiger partial charge in [0.2, 0.25) is 0 Å². The second kappa shape index (κ2) is 10.5. The van der Waals surface area contributed by atoms with Crippen molar-refractivity contribution >= 4 is 16.3 Å². The summed E-state index contributed by atoms with van der Waals surface area (Å²) in [5.41, 5.74) is 16.1. The van der Waals surface area contributed by atoms with Gasteiger partial charge < -0.3 is 4.74 Å². The average molecular weight is 641 g/mol. The third-order valence-corrected chi connectivity index (χ3v) is 11.7. The van der Waals surface area contributed by atoms with Gasteiger partial charge in [0.05, 0.1) is 5.41 Å². The first-order chi connectivity index (χ1) is 24.5. The van der Waals surface area contributed by atoms with E-state index in [1.807, 2.05) is 0 Å². The van der Waals surface area contributed by atoms with Crippen LogP contribution in [0.25, 0.3) is 38.6 Å². The highest BCUT2D eigenvalue weighted by atomic mass is 16.5. The first-order valence-electron chi connectivity index (χ1n) is 17.6. The lowest BCUT2D eigenvalue weighted by Gasteiger charge is -2.38. The second-order valence-corrected chi connectivity index (χ2v) is 14.1. The molecule has 1 nitrogen and oxygen atoms in total. The Bertz CT molecular complexity index is 2600. The van der Waals surface area contributed by atoms with Gasteiger partial charge in [-0.2, -0.15) is 0 Å². The first-order valence-corrected chi connectivity index (χ1v) is 17.6. The zero-order valence-corrected chi connectivity index (χ0v) is 28.5. The highest BCUT2D eigenvalue weighted by Gasteiger charge is 2.52. The summed E-state index contributed by atoms with van der Waals surface area (Å²) in [5.74, 6) is 1.83. The maximum absolute atomic E-state index is 6.57. The maximum atomic E-state index is 6.57. The molecule has 0 saturated heterocycles. The zero-order valence-electron chi connectivity index (χ0n) is 28.5. The van der Waals surface area contributed by atoms with Crippen LogP contribution in [0.3, 0.4) is 0 Å². The van der Waals surface area contributed by atoms with E-state index in [4.69, 9.17) is 4.74 Å². The Kier molecular flexibility index (Phi) is 6.12. The van der Waals surface area contributed by atoms with Crippen molar-refractivity contribution in [2.24, 2.45) is 0 Å². The van der Waals surface area contributed by atoms with Crippen LogP contribution in [-0.2, 0) is 10.8 Å². The summed E-state index contributed by atoms with van der Waals surface area (Å²) < 4.78 is 6.57. The summed E-state index contributed by atoms with van der Waals surface area (Å²) in [4.78, 5) is 0. The van der Waals surface area contributed by atoms with Crippen LogP contribution >= 0.6 is 0 Å². The van der Waals surface area contributed by atoms with E-state index in [1.165, 1.54) is 83.1 Å². The van der Waals surface area contributed by atoms with E-state index >= 15 is 0 Å². The predicted octanol–water partition coefficient (Wildman–Crippen LogP) is 12.6. The van der Waals surface area contributed by atoms with Gasteiger partial charge in [0.25, 0.3) is 0 Å². The molecule has 0 fully saturated rings. The predicted molar refractivity (Wildman–Crippen MR) is 207 cm³/mol. The molecule has 2 atom stereocenters. The molecular formula is C49H36O. The average Bonchev–Trinajstić information content (AvgIpc) is 3.60. The summed E-state index contributed by atoms with van der Waals surface area (Å²) >= 11 is 0. The Hall–Kier alpha value is -5.92. The molecule has 7 aromatic carbocycles. The van der Waals surface area contributed by atoms with E-state index in [0.717, 1.165) is 11.5 Å². The second-order valence-electron chi connectivity index (χ2n) is 14.1. The van der Waals surface area contributed by atoms with Crippen LogP contribution in [0.1, 0.15) is 59.7 Å². The molecular weight excluding hydrogens is 605 g/mol. The highest BCUT2D eigenvalue weighted by Crippen LogP contribution is 2.63. The Morgan fingerprint density at radius 3 is 2.08 bits per heavy atom. The first kappa shape index (κ1) is 29.0. The molecule has 7 aromatic rings. The molecule has 0 aromatic heterocycles. The van der Waals surface area contributed by atoms with Crippen LogP contribution in [0, 0.1) is 0 Å². The molecule has 2 unspecified atom stereocenters. The molecule has 10 rings (SSSR count). The number of allylic oxidation sites excluding steroid dienone is 4. The van der Waals surface area contributed by atoms with Gasteiger partial charge in [-0.15, -0.1) is 0 Å². The van der Waals surface area contributed by atoms with Crippen LogP contribution in [0.2, 0.25) is 0 Å². The molecule has 1 aliphatic heterocycles. The van der Waals surface area contributed by atoms with Crippen molar-refractivity contribution in [3.63, 3.8) is 0 Å². The van der Waals surface area contributed by atoms with Crippen molar-refractivity contribution in [3.8, 4) is 33.8 Å². The van der Waals surface area contributed by atoms with Crippen molar-refractivity contribution in [2.45, 2.75) is 31.6 Å². The minimum Gasteiger partial charge on any atom is -0.457 e. The standard InChI is InChI=1S/C49H36O/c1-4-14-40-31(2)36-26-23-32-15-8-9-18-37(32)47(36)49(40)41-20-11-10-19-38(41)39-29-33(24-27-42(39)49)34-25-28-46-44(30-34)48(3,35-16-6-5-7-17-35)43-21-12-13-22-45(43)50-46/h4-30H,1-3H3/b14-4-. The molecule has 0 radical (unpaired) electrons. The summed E-state index contributed by atoms with van der Waals surface area (Å²) in [6.45, 7) is 6.79. The van der Waals surface area contributed by atoms with Crippen LogP contribution in [0.5, 0.6) is 11.5 Å².